The molecule has 1 saturated heterocycles. The minimum atomic E-state index is -0.0516. The van der Waals surface area contributed by atoms with Gasteiger partial charge in [-0.3, -0.25) is 15.6 Å². The number of aryl methyl sites for hydroxylation is 1. The van der Waals surface area contributed by atoms with E-state index in [0.29, 0.717) is 17.8 Å². The molecule has 3 heterocycles. The number of aromatic nitrogens is 2. The molecule has 1 amide bonds. The van der Waals surface area contributed by atoms with Crippen molar-refractivity contribution < 1.29 is 4.79 Å². The number of nitrogens with zero attached hydrogens (tertiary/aromatic N) is 1. The first kappa shape index (κ1) is 11.7. The molecule has 2 unspecified atom stereocenters. The Bertz CT molecular complexity index is 459. The number of hydrogen-bond acceptors (Lipinski definition) is 4. The first-order valence-electron chi connectivity index (χ1n) is 6.55. The molecule has 2 aliphatic heterocycles. The standard InChI is InChI=1S/C12H19N5O/c1-6-9(7(2)17-16-6)11-14-8-4-3-5-13-12(18)10(8)15-11/h6-7,9,16-17H,3-5H2,1-2H3,(H,13,18)(H,14,15). The highest BCUT2D eigenvalue weighted by Crippen LogP contribution is 2.26. The molecular weight excluding hydrogens is 230 g/mol. The van der Waals surface area contributed by atoms with E-state index < -0.39 is 0 Å². The van der Waals surface area contributed by atoms with Crippen molar-refractivity contribution >= 4 is 5.91 Å². The van der Waals surface area contributed by atoms with E-state index in [4.69, 9.17) is 0 Å². The third kappa shape index (κ3) is 1.81. The molecule has 3 rings (SSSR count). The summed E-state index contributed by atoms with van der Waals surface area (Å²) in [4.78, 5) is 19.8. The van der Waals surface area contributed by atoms with Crippen molar-refractivity contribution in [2.45, 2.75) is 44.7 Å². The minimum Gasteiger partial charge on any atom is -0.351 e. The molecule has 2 atom stereocenters. The highest BCUT2D eigenvalue weighted by atomic mass is 16.1. The second-order valence-electron chi connectivity index (χ2n) is 5.20. The summed E-state index contributed by atoms with van der Waals surface area (Å²) in [5, 5.41) is 2.87. The van der Waals surface area contributed by atoms with Crippen molar-refractivity contribution in [3.8, 4) is 0 Å². The average Bonchev–Trinajstić information content (AvgIpc) is 2.84. The van der Waals surface area contributed by atoms with Gasteiger partial charge in [0.2, 0.25) is 0 Å². The summed E-state index contributed by atoms with van der Waals surface area (Å²) in [5.41, 5.74) is 7.98. The van der Waals surface area contributed by atoms with Crippen LogP contribution in [0.4, 0.5) is 0 Å². The van der Waals surface area contributed by atoms with Gasteiger partial charge in [-0.2, -0.15) is 0 Å². The lowest BCUT2D eigenvalue weighted by molar-refractivity contribution is 0.0951. The number of nitrogens with one attached hydrogen (secondary N) is 4. The van der Waals surface area contributed by atoms with Gasteiger partial charge in [0.1, 0.15) is 11.5 Å². The van der Waals surface area contributed by atoms with Gasteiger partial charge >= 0.3 is 0 Å². The molecule has 0 saturated carbocycles. The largest absolute Gasteiger partial charge is 0.351 e. The Labute approximate surface area is 106 Å². The van der Waals surface area contributed by atoms with Crippen molar-refractivity contribution in [2.24, 2.45) is 0 Å². The van der Waals surface area contributed by atoms with Gasteiger partial charge in [-0.25, -0.2) is 4.98 Å². The number of carbonyl (C=O) groups excluding carboxylic acids is 1. The number of hydrazine groups is 1. The van der Waals surface area contributed by atoms with Gasteiger partial charge in [0.25, 0.3) is 5.91 Å². The van der Waals surface area contributed by atoms with Crippen molar-refractivity contribution in [2.75, 3.05) is 6.54 Å². The van der Waals surface area contributed by atoms with Gasteiger partial charge in [0.15, 0.2) is 0 Å². The molecule has 0 radical (unpaired) electrons. The summed E-state index contributed by atoms with van der Waals surface area (Å²) in [5.74, 6) is 1.13. The van der Waals surface area contributed by atoms with Gasteiger partial charge in [0, 0.05) is 30.2 Å². The van der Waals surface area contributed by atoms with Crippen molar-refractivity contribution in [1.29, 1.82) is 0 Å². The van der Waals surface area contributed by atoms with Gasteiger partial charge in [-0.05, 0) is 26.7 Å². The number of rotatable bonds is 1. The predicted octanol–water partition coefficient (Wildman–Crippen LogP) is 0.0541. The Kier molecular flexibility index (Phi) is 2.83. The van der Waals surface area contributed by atoms with Crippen LogP contribution in [0, 0.1) is 0 Å². The second-order valence-corrected chi connectivity index (χ2v) is 5.20. The molecule has 0 aliphatic carbocycles. The fourth-order valence-corrected chi connectivity index (χ4v) is 2.86. The van der Waals surface area contributed by atoms with Crippen LogP contribution in [0.5, 0.6) is 0 Å². The third-order valence-corrected chi connectivity index (χ3v) is 3.83. The Morgan fingerprint density at radius 3 is 2.67 bits per heavy atom. The topological polar surface area (TPSA) is 81.8 Å². The monoisotopic (exact) mass is 249 g/mol. The SMILES string of the molecule is CC1NNC(C)C1c1nc2c([nH]1)CCCNC2=O. The molecule has 98 valence electrons. The van der Waals surface area contributed by atoms with Crippen molar-refractivity contribution in [1.82, 2.24) is 26.1 Å². The van der Waals surface area contributed by atoms with Gasteiger partial charge in [-0.15, -0.1) is 0 Å². The summed E-state index contributed by atoms with van der Waals surface area (Å²) < 4.78 is 0. The van der Waals surface area contributed by atoms with Gasteiger partial charge in [-0.1, -0.05) is 0 Å². The fourth-order valence-electron chi connectivity index (χ4n) is 2.86. The van der Waals surface area contributed by atoms with Crippen LogP contribution < -0.4 is 16.2 Å². The normalized spacial score (nSPS) is 31.9. The summed E-state index contributed by atoms with van der Waals surface area (Å²) in [7, 11) is 0. The van der Waals surface area contributed by atoms with Crippen molar-refractivity contribution in [3.63, 3.8) is 0 Å². The quantitative estimate of drug-likeness (QED) is 0.567. The van der Waals surface area contributed by atoms with Crippen LogP contribution >= 0.6 is 0 Å². The zero-order valence-electron chi connectivity index (χ0n) is 10.7. The molecule has 1 aromatic rings. The summed E-state index contributed by atoms with van der Waals surface area (Å²) >= 11 is 0. The number of aromatic amines is 1. The number of carbonyl (C=O) groups is 1. The second kappa shape index (κ2) is 4.37. The Hall–Kier alpha value is -1.40. The lowest BCUT2D eigenvalue weighted by Crippen LogP contribution is -2.30. The van der Waals surface area contributed by atoms with E-state index in [0.717, 1.165) is 30.9 Å². The van der Waals surface area contributed by atoms with Crippen LogP contribution in [0.25, 0.3) is 0 Å². The molecule has 0 spiro atoms. The van der Waals surface area contributed by atoms with E-state index in [1.807, 2.05) is 0 Å². The highest BCUT2D eigenvalue weighted by Gasteiger charge is 2.34. The molecule has 6 heteroatoms. The lowest BCUT2D eigenvalue weighted by Gasteiger charge is -2.14. The Morgan fingerprint density at radius 2 is 1.94 bits per heavy atom. The van der Waals surface area contributed by atoms with Gasteiger partial charge in [0.05, 0.1) is 0 Å². The molecule has 1 aromatic heterocycles. The number of hydrogen-bond donors (Lipinski definition) is 4. The van der Waals surface area contributed by atoms with E-state index in [1.165, 1.54) is 0 Å². The molecular formula is C12H19N5O. The maximum absolute atomic E-state index is 11.9. The van der Waals surface area contributed by atoms with E-state index in [9.17, 15) is 4.79 Å². The summed E-state index contributed by atoms with van der Waals surface area (Å²) in [6.45, 7) is 4.97. The summed E-state index contributed by atoms with van der Waals surface area (Å²) in [6.07, 6.45) is 1.85. The Morgan fingerprint density at radius 1 is 1.22 bits per heavy atom. The lowest BCUT2D eigenvalue weighted by atomic mass is 9.96. The van der Waals surface area contributed by atoms with Crippen LogP contribution in [0.1, 0.15) is 48.2 Å². The average molecular weight is 249 g/mol. The number of fused-ring (bicyclic) bond motifs is 1. The maximum Gasteiger partial charge on any atom is 0.271 e. The minimum absolute atomic E-state index is 0.0516. The fraction of sp³-hybridized carbons (Fsp3) is 0.667. The molecule has 1 fully saturated rings. The van der Waals surface area contributed by atoms with Crippen LogP contribution in [0.15, 0.2) is 0 Å². The number of H-pyrrole nitrogens is 1. The smallest absolute Gasteiger partial charge is 0.271 e. The molecule has 0 bridgehead atoms. The molecule has 2 aliphatic rings. The van der Waals surface area contributed by atoms with Crippen LogP contribution in [0.2, 0.25) is 0 Å². The number of imidazole rings is 1. The third-order valence-electron chi connectivity index (χ3n) is 3.83. The molecule has 0 aromatic carbocycles. The highest BCUT2D eigenvalue weighted by molar-refractivity contribution is 5.93. The van der Waals surface area contributed by atoms with E-state index >= 15 is 0 Å². The van der Waals surface area contributed by atoms with E-state index in [1.54, 1.807) is 0 Å². The van der Waals surface area contributed by atoms with Gasteiger partial charge < -0.3 is 10.3 Å². The predicted molar refractivity (Wildman–Crippen MR) is 67.2 cm³/mol. The van der Waals surface area contributed by atoms with Crippen LogP contribution in [0.3, 0.4) is 0 Å². The first-order chi connectivity index (χ1) is 8.66. The first-order valence-corrected chi connectivity index (χ1v) is 6.55. The number of amides is 1. The van der Waals surface area contributed by atoms with Crippen LogP contribution in [-0.2, 0) is 6.42 Å². The van der Waals surface area contributed by atoms with E-state index in [2.05, 4.69) is 40.0 Å². The molecule has 6 nitrogen and oxygen atoms in total. The van der Waals surface area contributed by atoms with Crippen molar-refractivity contribution in [3.05, 3.63) is 17.2 Å². The summed E-state index contributed by atoms with van der Waals surface area (Å²) in [6, 6.07) is 0.607. The maximum atomic E-state index is 11.9. The van der Waals surface area contributed by atoms with Crippen LogP contribution in [-0.4, -0.2) is 34.5 Å². The molecule has 4 N–H and O–H groups in total. The Balaban J connectivity index is 1.95. The molecule has 18 heavy (non-hydrogen) atoms. The van der Waals surface area contributed by atoms with E-state index in [-0.39, 0.29) is 11.8 Å². The zero-order chi connectivity index (χ0) is 12.7. The zero-order valence-corrected chi connectivity index (χ0v) is 10.7.